The summed E-state index contributed by atoms with van der Waals surface area (Å²) >= 11 is 1.25. The second-order valence-corrected chi connectivity index (χ2v) is 5.54. The van der Waals surface area contributed by atoms with Gasteiger partial charge in [-0.25, -0.2) is 4.39 Å². The van der Waals surface area contributed by atoms with Crippen molar-refractivity contribution < 1.29 is 18.8 Å². The number of amides is 3. The Morgan fingerprint density at radius 1 is 1.04 bits per heavy atom. The third kappa shape index (κ3) is 4.36. The van der Waals surface area contributed by atoms with E-state index in [1.807, 2.05) is 0 Å². The van der Waals surface area contributed by atoms with E-state index in [0.29, 0.717) is 4.88 Å². The van der Waals surface area contributed by atoms with Gasteiger partial charge < -0.3 is 5.32 Å². The number of rotatable bonds is 4. The van der Waals surface area contributed by atoms with E-state index in [9.17, 15) is 18.8 Å². The van der Waals surface area contributed by atoms with Gasteiger partial charge in [0.1, 0.15) is 11.9 Å². The van der Waals surface area contributed by atoms with Crippen LogP contribution in [0.25, 0.3) is 0 Å². The molecule has 1 heterocycles. The molecule has 23 heavy (non-hydrogen) atoms. The predicted molar refractivity (Wildman–Crippen MR) is 83.3 cm³/mol. The molecule has 2 aromatic rings. The summed E-state index contributed by atoms with van der Waals surface area (Å²) in [7, 11) is 0. The van der Waals surface area contributed by atoms with E-state index in [0.717, 1.165) is 6.07 Å². The summed E-state index contributed by atoms with van der Waals surface area (Å²) in [5.74, 6) is -2.49. The maximum atomic E-state index is 13.4. The average molecular weight is 335 g/mol. The highest BCUT2D eigenvalue weighted by molar-refractivity contribution is 7.12. The van der Waals surface area contributed by atoms with Crippen LogP contribution < -0.4 is 16.2 Å². The van der Waals surface area contributed by atoms with Gasteiger partial charge in [0.25, 0.3) is 17.7 Å². The predicted octanol–water partition coefficient (Wildman–Crippen LogP) is 1.47. The third-order valence-corrected chi connectivity index (χ3v) is 3.77. The topological polar surface area (TPSA) is 87.3 Å². The van der Waals surface area contributed by atoms with Crippen LogP contribution >= 0.6 is 11.3 Å². The highest BCUT2D eigenvalue weighted by Crippen LogP contribution is 2.08. The van der Waals surface area contributed by atoms with Crippen molar-refractivity contribution in [3.8, 4) is 0 Å². The van der Waals surface area contributed by atoms with E-state index in [4.69, 9.17) is 0 Å². The van der Waals surface area contributed by atoms with Gasteiger partial charge in [0.2, 0.25) is 0 Å². The summed E-state index contributed by atoms with van der Waals surface area (Å²) in [5, 5.41) is 4.24. The van der Waals surface area contributed by atoms with Gasteiger partial charge in [-0.1, -0.05) is 18.2 Å². The van der Waals surface area contributed by atoms with Crippen molar-refractivity contribution in [3.05, 3.63) is 58.0 Å². The standard InChI is InChI=1S/C15H14FN3O3S/c1-9(17-15(22)12-7-4-8-23-12)13(20)18-19-14(21)10-5-2-3-6-11(10)16/h2-9H,1H3,(H,17,22)(H,18,20)(H,19,21). The Kier molecular flexibility index (Phi) is 5.42. The van der Waals surface area contributed by atoms with Crippen LogP contribution in [0, 0.1) is 5.82 Å². The number of carbonyl (C=O) groups excluding carboxylic acids is 3. The normalized spacial score (nSPS) is 11.4. The summed E-state index contributed by atoms with van der Waals surface area (Å²) < 4.78 is 13.4. The largest absolute Gasteiger partial charge is 0.340 e. The molecule has 0 saturated heterocycles. The van der Waals surface area contributed by atoms with Gasteiger partial charge in [-0.2, -0.15) is 0 Å². The van der Waals surface area contributed by atoms with Crippen molar-refractivity contribution in [2.45, 2.75) is 13.0 Å². The van der Waals surface area contributed by atoms with Crippen molar-refractivity contribution >= 4 is 29.1 Å². The fourth-order valence-electron chi connectivity index (χ4n) is 1.68. The molecule has 8 heteroatoms. The molecule has 3 N–H and O–H groups in total. The molecule has 0 spiro atoms. The molecule has 0 saturated carbocycles. The molecule has 0 aliphatic carbocycles. The lowest BCUT2D eigenvalue weighted by Crippen LogP contribution is -2.51. The van der Waals surface area contributed by atoms with Crippen LogP contribution in [0.5, 0.6) is 0 Å². The number of nitrogens with one attached hydrogen (secondary N) is 3. The molecular formula is C15H14FN3O3S. The molecule has 2 rings (SSSR count). The third-order valence-electron chi connectivity index (χ3n) is 2.90. The van der Waals surface area contributed by atoms with Gasteiger partial charge in [-0.3, -0.25) is 25.2 Å². The molecule has 0 radical (unpaired) electrons. The lowest BCUT2D eigenvalue weighted by molar-refractivity contribution is -0.123. The Hall–Kier alpha value is -2.74. The van der Waals surface area contributed by atoms with Crippen LogP contribution in [-0.2, 0) is 4.79 Å². The summed E-state index contributed by atoms with van der Waals surface area (Å²) in [6.07, 6.45) is 0. The Balaban J connectivity index is 1.85. The van der Waals surface area contributed by atoms with Crippen LogP contribution in [-0.4, -0.2) is 23.8 Å². The van der Waals surface area contributed by atoms with Crippen molar-refractivity contribution in [1.82, 2.24) is 16.2 Å². The molecule has 6 nitrogen and oxygen atoms in total. The lowest BCUT2D eigenvalue weighted by atomic mass is 10.2. The Bertz CT molecular complexity index is 719. The van der Waals surface area contributed by atoms with Crippen molar-refractivity contribution in [1.29, 1.82) is 0 Å². The summed E-state index contributed by atoms with van der Waals surface area (Å²) in [6.45, 7) is 1.47. The Labute approximate surface area is 135 Å². The van der Waals surface area contributed by atoms with E-state index >= 15 is 0 Å². The number of hydrogen-bond acceptors (Lipinski definition) is 4. The molecule has 0 aliphatic rings. The van der Waals surface area contributed by atoms with Crippen molar-refractivity contribution in [2.75, 3.05) is 0 Å². The molecule has 0 fully saturated rings. The molecule has 1 aromatic heterocycles. The zero-order chi connectivity index (χ0) is 16.8. The Morgan fingerprint density at radius 3 is 2.43 bits per heavy atom. The van der Waals surface area contributed by atoms with E-state index in [1.54, 1.807) is 17.5 Å². The number of benzene rings is 1. The first-order valence-electron chi connectivity index (χ1n) is 6.68. The van der Waals surface area contributed by atoms with Crippen LogP contribution in [0.4, 0.5) is 4.39 Å². The molecule has 3 amide bonds. The summed E-state index contributed by atoms with van der Waals surface area (Å²) in [6, 6.07) is 7.87. The monoisotopic (exact) mass is 335 g/mol. The van der Waals surface area contributed by atoms with E-state index in [2.05, 4.69) is 16.2 Å². The van der Waals surface area contributed by atoms with Gasteiger partial charge in [0.15, 0.2) is 0 Å². The number of halogens is 1. The molecule has 120 valence electrons. The maximum Gasteiger partial charge on any atom is 0.272 e. The number of thiophene rings is 1. The fourth-order valence-corrected chi connectivity index (χ4v) is 2.31. The molecule has 1 aromatic carbocycles. The first-order valence-corrected chi connectivity index (χ1v) is 7.56. The van der Waals surface area contributed by atoms with Crippen LogP contribution in [0.3, 0.4) is 0 Å². The van der Waals surface area contributed by atoms with Crippen LogP contribution in [0.2, 0.25) is 0 Å². The highest BCUT2D eigenvalue weighted by atomic mass is 32.1. The first kappa shape index (κ1) is 16.6. The maximum absolute atomic E-state index is 13.4. The second-order valence-electron chi connectivity index (χ2n) is 4.60. The summed E-state index contributed by atoms with van der Waals surface area (Å²) in [5.41, 5.74) is 4.05. The molecule has 0 bridgehead atoms. The minimum atomic E-state index is -0.870. The quantitative estimate of drug-likeness (QED) is 0.740. The van der Waals surface area contributed by atoms with Gasteiger partial charge in [-0.05, 0) is 30.5 Å². The molecular weight excluding hydrogens is 321 g/mol. The lowest BCUT2D eigenvalue weighted by Gasteiger charge is -2.14. The average Bonchev–Trinajstić information content (AvgIpc) is 3.07. The second kappa shape index (κ2) is 7.50. The van der Waals surface area contributed by atoms with Crippen LogP contribution in [0.1, 0.15) is 27.0 Å². The molecule has 0 aliphatic heterocycles. The number of carbonyl (C=O) groups is 3. The minimum absolute atomic E-state index is 0.192. The first-order chi connectivity index (χ1) is 11.0. The minimum Gasteiger partial charge on any atom is -0.340 e. The van der Waals surface area contributed by atoms with Gasteiger partial charge in [0.05, 0.1) is 10.4 Å². The SMILES string of the molecule is CC(NC(=O)c1cccs1)C(=O)NNC(=O)c1ccccc1F. The van der Waals surface area contributed by atoms with Crippen LogP contribution in [0.15, 0.2) is 41.8 Å². The van der Waals surface area contributed by atoms with Crippen molar-refractivity contribution in [2.24, 2.45) is 0 Å². The smallest absolute Gasteiger partial charge is 0.272 e. The number of hydrazine groups is 1. The van der Waals surface area contributed by atoms with Gasteiger partial charge >= 0.3 is 0 Å². The van der Waals surface area contributed by atoms with E-state index in [1.165, 1.54) is 36.5 Å². The van der Waals surface area contributed by atoms with Gasteiger partial charge in [0, 0.05) is 0 Å². The van der Waals surface area contributed by atoms with Crippen molar-refractivity contribution in [3.63, 3.8) is 0 Å². The summed E-state index contributed by atoms with van der Waals surface area (Å²) in [4.78, 5) is 35.9. The Morgan fingerprint density at radius 2 is 1.78 bits per heavy atom. The zero-order valence-electron chi connectivity index (χ0n) is 12.1. The number of hydrogen-bond donors (Lipinski definition) is 3. The molecule has 1 atom stereocenters. The highest BCUT2D eigenvalue weighted by Gasteiger charge is 2.18. The fraction of sp³-hybridized carbons (Fsp3) is 0.133. The van der Waals surface area contributed by atoms with E-state index < -0.39 is 23.7 Å². The van der Waals surface area contributed by atoms with Gasteiger partial charge in [-0.15, -0.1) is 11.3 Å². The van der Waals surface area contributed by atoms with E-state index in [-0.39, 0.29) is 11.5 Å². The zero-order valence-corrected chi connectivity index (χ0v) is 12.9. The molecule has 1 unspecified atom stereocenters.